The van der Waals surface area contributed by atoms with E-state index in [9.17, 15) is 20.0 Å². The normalized spacial score (nSPS) is 20.8. The van der Waals surface area contributed by atoms with Gasteiger partial charge in [-0.1, -0.05) is 0 Å². The number of pyridine rings is 1. The van der Waals surface area contributed by atoms with Gasteiger partial charge in [0.2, 0.25) is 5.91 Å². The average molecular weight is 435 g/mol. The van der Waals surface area contributed by atoms with Crippen molar-refractivity contribution < 1.29 is 9.90 Å². The topological polar surface area (TPSA) is 126 Å². The van der Waals surface area contributed by atoms with Crippen LogP contribution in [0.4, 0.5) is 5.82 Å². The number of nitrogens with zero attached hydrogens (tertiary/aromatic N) is 5. The quantitative estimate of drug-likeness (QED) is 0.703. The van der Waals surface area contributed by atoms with Crippen molar-refractivity contribution in [3.63, 3.8) is 0 Å². The molecule has 9 nitrogen and oxygen atoms in total. The van der Waals surface area contributed by atoms with Crippen molar-refractivity contribution in [1.29, 1.82) is 5.26 Å². The molecule has 2 aromatic rings. The number of carbonyl (C=O) groups excluding carboxylic acids is 1. The Morgan fingerprint density at radius 3 is 2.72 bits per heavy atom. The summed E-state index contributed by atoms with van der Waals surface area (Å²) in [7, 11) is 0. The minimum absolute atomic E-state index is 0.00617. The van der Waals surface area contributed by atoms with Crippen molar-refractivity contribution in [2.75, 3.05) is 31.1 Å². The van der Waals surface area contributed by atoms with Crippen LogP contribution < -0.4 is 10.5 Å². The molecule has 1 atom stereocenters. The van der Waals surface area contributed by atoms with Gasteiger partial charge in [-0.3, -0.25) is 9.59 Å². The van der Waals surface area contributed by atoms with Gasteiger partial charge in [-0.05, 0) is 37.7 Å². The van der Waals surface area contributed by atoms with Crippen LogP contribution in [0.2, 0.25) is 0 Å². The first-order chi connectivity index (χ1) is 15.6. The fourth-order valence-corrected chi connectivity index (χ4v) is 4.70. The molecule has 1 amide bonds. The van der Waals surface area contributed by atoms with E-state index in [1.807, 2.05) is 11.0 Å². The highest BCUT2D eigenvalue weighted by Crippen LogP contribution is 2.45. The summed E-state index contributed by atoms with van der Waals surface area (Å²) >= 11 is 0. The molecule has 0 aromatic carbocycles. The van der Waals surface area contributed by atoms with Crippen LogP contribution in [0.3, 0.4) is 0 Å². The van der Waals surface area contributed by atoms with Gasteiger partial charge in [0.05, 0.1) is 30.1 Å². The predicted molar refractivity (Wildman–Crippen MR) is 117 cm³/mol. The summed E-state index contributed by atoms with van der Waals surface area (Å²) in [6, 6.07) is 5.70. The number of nitrogens with one attached hydrogen (secondary N) is 1. The molecule has 3 aliphatic rings. The van der Waals surface area contributed by atoms with E-state index in [-0.39, 0.29) is 30.5 Å². The number of amides is 1. The standard InChI is InChI=1S/C23H26N6O3/c24-11-16-9-18(17-10-20(31)27-25-12-17)22(15-3-4-15)26-23(16)28-6-7-29(21(32)5-8-30)19(13-28)14-1-2-14/h9-10,12,14-15,19,30H,1-8,13H2,(H,27,31). The zero-order valence-corrected chi connectivity index (χ0v) is 17.8. The third-order valence-electron chi connectivity index (χ3n) is 6.62. The zero-order chi connectivity index (χ0) is 22.2. The van der Waals surface area contributed by atoms with Gasteiger partial charge in [-0.2, -0.15) is 10.4 Å². The summed E-state index contributed by atoms with van der Waals surface area (Å²) < 4.78 is 0. The molecular formula is C23H26N6O3. The Morgan fingerprint density at radius 1 is 1.25 bits per heavy atom. The Labute approximate surface area is 185 Å². The first-order valence-electron chi connectivity index (χ1n) is 11.2. The number of nitriles is 1. The molecule has 1 aliphatic heterocycles. The van der Waals surface area contributed by atoms with Crippen molar-refractivity contribution in [2.45, 2.75) is 44.1 Å². The van der Waals surface area contributed by atoms with E-state index in [0.717, 1.165) is 36.9 Å². The van der Waals surface area contributed by atoms with Gasteiger partial charge in [0.15, 0.2) is 0 Å². The average Bonchev–Trinajstić information content (AvgIpc) is 3.71. The molecule has 2 aromatic heterocycles. The van der Waals surface area contributed by atoms with Gasteiger partial charge >= 0.3 is 0 Å². The molecule has 3 heterocycles. The minimum atomic E-state index is -0.289. The fourth-order valence-electron chi connectivity index (χ4n) is 4.70. The lowest BCUT2D eigenvalue weighted by atomic mass is 10.00. The summed E-state index contributed by atoms with van der Waals surface area (Å²) in [6.45, 7) is 1.66. The third kappa shape index (κ3) is 3.98. The molecular weight excluding hydrogens is 408 g/mol. The maximum Gasteiger partial charge on any atom is 0.264 e. The SMILES string of the molecule is N#Cc1cc(-c2cn[nH]c(=O)c2)c(C2CC2)nc1N1CCN(C(=O)CCO)C(C2CC2)C1. The van der Waals surface area contributed by atoms with E-state index in [4.69, 9.17) is 4.98 Å². The van der Waals surface area contributed by atoms with Crippen LogP contribution in [-0.4, -0.2) is 63.4 Å². The van der Waals surface area contributed by atoms with Crippen LogP contribution in [0.1, 0.15) is 49.3 Å². The molecule has 5 rings (SSSR count). The number of aromatic amines is 1. The molecule has 2 saturated carbocycles. The van der Waals surface area contributed by atoms with E-state index in [0.29, 0.717) is 48.4 Å². The first-order valence-corrected chi connectivity index (χ1v) is 11.2. The third-order valence-corrected chi connectivity index (χ3v) is 6.62. The molecule has 2 N–H and O–H groups in total. The van der Waals surface area contributed by atoms with Gasteiger partial charge < -0.3 is 14.9 Å². The van der Waals surface area contributed by atoms with Crippen LogP contribution >= 0.6 is 0 Å². The lowest BCUT2D eigenvalue weighted by Crippen LogP contribution is -2.56. The van der Waals surface area contributed by atoms with E-state index in [1.54, 1.807) is 6.20 Å². The number of hydrogen-bond acceptors (Lipinski definition) is 7. The number of H-pyrrole nitrogens is 1. The summed E-state index contributed by atoms with van der Waals surface area (Å²) in [5.74, 6) is 1.45. The van der Waals surface area contributed by atoms with E-state index >= 15 is 0 Å². The zero-order valence-electron chi connectivity index (χ0n) is 17.8. The molecule has 1 unspecified atom stereocenters. The molecule has 3 fully saturated rings. The molecule has 1 saturated heterocycles. The second kappa shape index (κ2) is 8.36. The molecule has 32 heavy (non-hydrogen) atoms. The number of carbonyl (C=O) groups is 1. The van der Waals surface area contributed by atoms with Gasteiger partial charge in [0, 0.05) is 49.2 Å². The molecule has 2 aliphatic carbocycles. The maximum absolute atomic E-state index is 12.5. The highest BCUT2D eigenvalue weighted by Gasteiger charge is 2.41. The van der Waals surface area contributed by atoms with Crippen molar-refractivity contribution in [1.82, 2.24) is 20.1 Å². The number of aliphatic hydroxyl groups excluding tert-OH is 1. The lowest BCUT2D eigenvalue weighted by Gasteiger charge is -2.42. The first kappa shape index (κ1) is 20.6. The van der Waals surface area contributed by atoms with Crippen molar-refractivity contribution in [3.05, 3.63) is 39.9 Å². The smallest absolute Gasteiger partial charge is 0.264 e. The Hall–Kier alpha value is -3.25. The monoisotopic (exact) mass is 434 g/mol. The predicted octanol–water partition coefficient (Wildman–Crippen LogP) is 1.39. The van der Waals surface area contributed by atoms with Gasteiger partial charge in [0.1, 0.15) is 11.9 Å². The largest absolute Gasteiger partial charge is 0.396 e. The Bertz CT molecular complexity index is 1130. The van der Waals surface area contributed by atoms with Crippen LogP contribution in [0.25, 0.3) is 11.1 Å². The number of hydrogen-bond donors (Lipinski definition) is 2. The summed E-state index contributed by atoms with van der Waals surface area (Å²) in [6.07, 6.45) is 6.02. The highest BCUT2D eigenvalue weighted by molar-refractivity contribution is 5.77. The second-order valence-corrected chi connectivity index (χ2v) is 8.92. The molecule has 0 radical (unpaired) electrons. The molecule has 9 heteroatoms. The maximum atomic E-state index is 12.5. The number of piperazine rings is 1. The fraction of sp³-hybridized carbons (Fsp3) is 0.522. The van der Waals surface area contributed by atoms with Crippen LogP contribution in [-0.2, 0) is 4.79 Å². The molecule has 166 valence electrons. The second-order valence-electron chi connectivity index (χ2n) is 8.92. The van der Waals surface area contributed by atoms with Gasteiger partial charge in [-0.15, -0.1) is 0 Å². The van der Waals surface area contributed by atoms with Gasteiger partial charge in [0.25, 0.3) is 5.56 Å². The number of anilines is 1. The minimum Gasteiger partial charge on any atom is -0.396 e. The van der Waals surface area contributed by atoms with Crippen LogP contribution in [0, 0.1) is 17.2 Å². The Kier molecular flexibility index (Phi) is 5.39. The van der Waals surface area contributed by atoms with Crippen molar-refractivity contribution in [3.8, 4) is 17.2 Å². The van der Waals surface area contributed by atoms with E-state index < -0.39 is 0 Å². The summed E-state index contributed by atoms with van der Waals surface area (Å²) in [5, 5.41) is 25.4. The molecule has 0 bridgehead atoms. The Morgan fingerprint density at radius 2 is 2.06 bits per heavy atom. The summed E-state index contributed by atoms with van der Waals surface area (Å²) in [4.78, 5) is 33.4. The number of aromatic nitrogens is 3. The van der Waals surface area contributed by atoms with Crippen LogP contribution in [0.15, 0.2) is 23.1 Å². The van der Waals surface area contributed by atoms with Gasteiger partial charge in [-0.25, -0.2) is 10.1 Å². The Balaban J connectivity index is 1.50. The number of aliphatic hydroxyl groups is 1. The van der Waals surface area contributed by atoms with Crippen molar-refractivity contribution >= 4 is 11.7 Å². The lowest BCUT2D eigenvalue weighted by molar-refractivity contribution is -0.135. The number of rotatable bonds is 6. The van der Waals surface area contributed by atoms with E-state index in [1.165, 1.54) is 6.07 Å². The molecule has 0 spiro atoms. The van der Waals surface area contributed by atoms with Crippen LogP contribution in [0.5, 0.6) is 0 Å². The van der Waals surface area contributed by atoms with E-state index in [2.05, 4.69) is 21.2 Å². The summed E-state index contributed by atoms with van der Waals surface area (Å²) in [5.41, 5.74) is 2.55. The van der Waals surface area contributed by atoms with Crippen molar-refractivity contribution in [2.24, 2.45) is 5.92 Å². The highest BCUT2D eigenvalue weighted by atomic mass is 16.3.